The largest absolute Gasteiger partial charge is 0.292 e. The molecule has 2 rings (SSSR count). The van der Waals surface area contributed by atoms with Gasteiger partial charge in [0.25, 0.3) is 5.69 Å². The summed E-state index contributed by atoms with van der Waals surface area (Å²) in [6.45, 7) is 0. The lowest BCUT2D eigenvalue weighted by Crippen LogP contribution is -2.13. The molecule has 0 aliphatic carbocycles. The van der Waals surface area contributed by atoms with Crippen LogP contribution in [0.4, 0.5) is 10.1 Å². The molecule has 104 valence electrons. The Labute approximate surface area is 119 Å². The molecule has 2 aromatic carbocycles. The van der Waals surface area contributed by atoms with Gasteiger partial charge < -0.3 is 0 Å². The van der Waals surface area contributed by atoms with Crippen LogP contribution < -0.4 is 0 Å². The molecule has 0 fully saturated rings. The van der Waals surface area contributed by atoms with Crippen molar-refractivity contribution in [1.82, 2.24) is 0 Å². The van der Waals surface area contributed by atoms with Gasteiger partial charge in [-0.1, -0.05) is 30.3 Å². The number of non-ortho nitro benzene ring substituents is 1. The average Bonchev–Trinajstić information content (AvgIpc) is 2.48. The number of rotatable bonds is 4. The maximum absolute atomic E-state index is 13.8. The Morgan fingerprint density at radius 1 is 1.24 bits per heavy atom. The molecule has 0 N–H and O–H groups in total. The Kier molecular flexibility index (Phi) is 4.05. The minimum atomic E-state index is -1.15. The van der Waals surface area contributed by atoms with E-state index >= 15 is 0 Å². The Bertz CT molecular complexity index is 738. The van der Waals surface area contributed by atoms with Gasteiger partial charge in [0.15, 0.2) is 5.78 Å². The molecule has 0 aromatic heterocycles. The van der Waals surface area contributed by atoms with Crippen molar-refractivity contribution >= 4 is 11.5 Å². The van der Waals surface area contributed by atoms with Crippen LogP contribution in [-0.4, -0.2) is 10.7 Å². The van der Waals surface area contributed by atoms with E-state index in [2.05, 4.69) is 0 Å². The fourth-order valence-corrected chi connectivity index (χ4v) is 1.90. The number of Topliss-reactive ketones (excluding diaryl/α,β-unsaturated/α-hetero) is 1. The van der Waals surface area contributed by atoms with Crippen molar-refractivity contribution in [1.29, 1.82) is 5.26 Å². The number of carbonyl (C=O) groups excluding carboxylic acids is 1. The average molecular weight is 284 g/mol. The molecule has 2 aromatic rings. The van der Waals surface area contributed by atoms with E-state index in [1.807, 2.05) is 6.07 Å². The summed E-state index contributed by atoms with van der Waals surface area (Å²) in [5.41, 5.74) is -0.337. The Morgan fingerprint density at radius 3 is 2.43 bits per heavy atom. The van der Waals surface area contributed by atoms with Crippen LogP contribution in [0.5, 0.6) is 0 Å². The molecule has 0 aliphatic heterocycles. The van der Waals surface area contributed by atoms with Crippen molar-refractivity contribution in [3.05, 3.63) is 75.6 Å². The molecule has 1 atom stereocenters. The minimum absolute atomic E-state index is 0.337. The van der Waals surface area contributed by atoms with Crippen molar-refractivity contribution in [3.63, 3.8) is 0 Å². The highest BCUT2D eigenvalue weighted by atomic mass is 19.1. The molecule has 0 aliphatic rings. The number of nitriles is 1. The summed E-state index contributed by atoms with van der Waals surface area (Å²) in [4.78, 5) is 22.0. The van der Waals surface area contributed by atoms with Crippen LogP contribution in [0.15, 0.2) is 48.5 Å². The normalized spacial score (nSPS) is 11.4. The molecule has 0 spiro atoms. The molecule has 0 saturated carbocycles. The third-order valence-electron chi connectivity index (χ3n) is 2.95. The Morgan fingerprint density at radius 2 is 1.90 bits per heavy atom. The molecule has 5 nitrogen and oxygen atoms in total. The number of hydrogen-bond donors (Lipinski definition) is 0. The van der Waals surface area contributed by atoms with Crippen LogP contribution in [0.25, 0.3) is 0 Å². The smallest absolute Gasteiger partial charge is 0.272 e. The van der Waals surface area contributed by atoms with Crippen LogP contribution in [0.2, 0.25) is 0 Å². The summed E-state index contributed by atoms with van der Waals surface area (Å²) in [7, 11) is 0. The number of halogens is 1. The fraction of sp³-hybridized carbons (Fsp3) is 0.0667. The lowest BCUT2D eigenvalue weighted by Gasteiger charge is -2.09. The highest BCUT2D eigenvalue weighted by Gasteiger charge is 2.25. The fourth-order valence-electron chi connectivity index (χ4n) is 1.90. The summed E-state index contributed by atoms with van der Waals surface area (Å²) >= 11 is 0. The quantitative estimate of drug-likeness (QED) is 0.490. The summed E-state index contributed by atoms with van der Waals surface area (Å²) in [5, 5.41) is 19.7. The van der Waals surface area contributed by atoms with E-state index in [0.717, 1.165) is 12.1 Å². The number of hydrogen-bond acceptors (Lipinski definition) is 4. The monoisotopic (exact) mass is 284 g/mol. The van der Waals surface area contributed by atoms with Gasteiger partial charge in [-0.05, 0) is 11.6 Å². The van der Waals surface area contributed by atoms with Crippen molar-refractivity contribution in [2.45, 2.75) is 5.92 Å². The third-order valence-corrected chi connectivity index (χ3v) is 2.95. The first-order valence-corrected chi connectivity index (χ1v) is 5.97. The molecule has 1 unspecified atom stereocenters. The molecule has 6 heteroatoms. The zero-order valence-electron chi connectivity index (χ0n) is 10.7. The summed E-state index contributed by atoms with van der Waals surface area (Å²) < 4.78 is 13.8. The molecule has 0 radical (unpaired) electrons. The molecular weight excluding hydrogens is 275 g/mol. The highest BCUT2D eigenvalue weighted by Crippen LogP contribution is 2.24. The molecule has 0 saturated heterocycles. The predicted octanol–water partition coefficient (Wildman–Crippen LogP) is 3.22. The maximum atomic E-state index is 13.8. The zero-order chi connectivity index (χ0) is 15.4. The van der Waals surface area contributed by atoms with Crippen LogP contribution in [0, 0.1) is 27.3 Å². The van der Waals surface area contributed by atoms with E-state index in [1.165, 1.54) is 0 Å². The second-order valence-corrected chi connectivity index (χ2v) is 4.26. The minimum Gasteiger partial charge on any atom is -0.292 e. The summed E-state index contributed by atoms with van der Waals surface area (Å²) in [6, 6.07) is 12.8. The molecule has 21 heavy (non-hydrogen) atoms. The van der Waals surface area contributed by atoms with E-state index < -0.39 is 28.1 Å². The molecular formula is C15H9FN2O3. The summed E-state index contributed by atoms with van der Waals surface area (Å²) in [6.07, 6.45) is 0. The van der Waals surface area contributed by atoms with Gasteiger partial charge in [0.1, 0.15) is 11.7 Å². The lowest BCUT2D eigenvalue weighted by molar-refractivity contribution is -0.385. The van der Waals surface area contributed by atoms with Gasteiger partial charge in [-0.3, -0.25) is 14.9 Å². The van der Waals surface area contributed by atoms with Crippen LogP contribution >= 0.6 is 0 Å². The third kappa shape index (κ3) is 2.92. The molecule has 0 heterocycles. The summed E-state index contributed by atoms with van der Waals surface area (Å²) in [5.74, 6) is -2.89. The number of benzene rings is 2. The van der Waals surface area contributed by atoms with E-state index in [1.54, 1.807) is 30.3 Å². The first kappa shape index (κ1) is 14.3. The van der Waals surface area contributed by atoms with Gasteiger partial charge in [-0.25, -0.2) is 4.39 Å². The Hall–Kier alpha value is -3.07. The SMILES string of the molecule is N#CC(C(=O)c1ccc([N+](=O)[O-])cc1F)c1ccccc1. The van der Waals surface area contributed by atoms with E-state index in [-0.39, 0.29) is 5.56 Å². The van der Waals surface area contributed by atoms with Crippen LogP contribution in [0.3, 0.4) is 0 Å². The van der Waals surface area contributed by atoms with Crippen LogP contribution in [-0.2, 0) is 0 Å². The molecule has 0 bridgehead atoms. The number of nitro groups is 1. The van der Waals surface area contributed by atoms with Gasteiger partial charge >= 0.3 is 0 Å². The van der Waals surface area contributed by atoms with Gasteiger partial charge in [0.05, 0.1) is 22.6 Å². The number of nitro benzene ring substituents is 1. The Balaban J connectivity index is 2.40. The first-order valence-electron chi connectivity index (χ1n) is 5.97. The highest BCUT2D eigenvalue weighted by molar-refractivity contribution is 6.03. The van der Waals surface area contributed by atoms with Gasteiger partial charge in [0.2, 0.25) is 0 Å². The van der Waals surface area contributed by atoms with Crippen molar-refractivity contribution in [2.24, 2.45) is 0 Å². The zero-order valence-corrected chi connectivity index (χ0v) is 10.7. The second kappa shape index (κ2) is 5.92. The van der Waals surface area contributed by atoms with Gasteiger partial charge in [-0.15, -0.1) is 0 Å². The number of ketones is 1. The van der Waals surface area contributed by atoms with E-state index in [9.17, 15) is 19.3 Å². The van der Waals surface area contributed by atoms with Gasteiger partial charge in [0, 0.05) is 6.07 Å². The number of nitrogens with zero attached hydrogens (tertiary/aromatic N) is 2. The van der Waals surface area contributed by atoms with Crippen molar-refractivity contribution in [3.8, 4) is 6.07 Å². The first-order chi connectivity index (χ1) is 10.0. The maximum Gasteiger partial charge on any atom is 0.272 e. The standard InChI is InChI=1S/C15H9FN2O3/c16-14-8-11(18(20)21)6-7-12(14)15(19)13(9-17)10-4-2-1-3-5-10/h1-8,13H. The topological polar surface area (TPSA) is 84.0 Å². The van der Waals surface area contributed by atoms with Crippen molar-refractivity contribution in [2.75, 3.05) is 0 Å². The van der Waals surface area contributed by atoms with E-state index in [0.29, 0.717) is 11.6 Å². The van der Waals surface area contributed by atoms with Gasteiger partial charge in [-0.2, -0.15) is 5.26 Å². The predicted molar refractivity (Wildman–Crippen MR) is 72.2 cm³/mol. The van der Waals surface area contributed by atoms with E-state index in [4.69, 9.17) is 5.26 Å². The van der Waals surface area contributed by atoms with Crippen molar-refractivity contribution < 1.29 is 14.1 Å². The second-order valence-electron chi connectivity index (χ2n) is 4.26. The molecule has 0 amide bonds. The van der Waals surface area contributed by atoms with Crippen LogP contribution in [0.1, 0.15) is 21.8 Å². The lowest BCUT2D eigenvalue weighted by atomic mass is 9.91. The number of carbonyl (C=O) groups is 1.